The van der Waals surface area contributed by atoms with E-state index >= 15 is 13.2 Å². The first-order chi connectivity index (χ1) is 72.3. The normalized spacial score (nSPS) is 17.8. The number of nitrogen functional groups attached to an aromatic ring is 4. The molecule has 18 aromatic heterocycles. The Bertz CT molecular complexity index is 8530. The van der Waals surface area contributed by atoms with Gasteiger partial charge in [0.2, 0.25) is 11.8 Å². The van der Waals surface area contributed by atoms with Crippen LogP contribution >= 0.6 is 0 Å². The van der Waals surface area contributed by atoms with Crippen molar-refractivity contribution in [2.75, 3.05) is 125 Å². The second kappa shape index (κ2) is 37.7. The molecule has 26 rings (SSSR count). The average Bonchev–Trinajstić information content (AvgIpc) is 1.17. The summed E-state index contributed by atoms with van der Waals surface area (Å²) in [5.41, 5.74) is 39.2. The lowest BCUT2D eigenvalue weighted by Crippen LogP contribution is -2.29. The molecule has 8 aliphatic rings. The summed E-state index contributed by atoms with van der Waals surface area (Å²) < 4.78 is 56.8. The van der Waals surface area contributed by atoms with E-state index in [1.54, 1.807) is 104 Å². The number of carbonyl (C=O) groups is 3. The predicted octanol–water partition coefficient (Wildman–Crippen LogP) is 13.9. The lowest BCUT2D eigenvalue weighted by molar-refractivity contribution is -0.130. The number of aryl methyl sites for hydroxylation is 4. The molecule has 0 spiro atoms. The third kappa shape index (κ3) is 18.2. The van der Waals surface area contributed by atoms with Crippen molar-refractivity contribution in [2.45, 2.75) is 150 Å². The maximum absolute atomic E-state index is 15.1. The summed E-state index contributed by atoms with van der Waals surface area (Å²) in [5, 5.41) is 54.2. The first-order valence-electron chi connectivity index (χ1n) is 49.7. The highest BCUT2D eigenvalue weighted by Gasteiger charge is 2.40. The second-order valence-corrected chi connectivity index (χ2v) is 39.5. The van der Waals surface area contributed by atoms with Crippen molar-refractivity contribution in [1.82, 2.24) is 133 Å². The molecule has 8 aliphatic heterocycles. The molecule has 3 unspecified atom stereocenters. The van der Waals surface area contributed by atoms with E-state index in [9.17, 15) is 14.4 Å². The van der Waals surface area contributed by atoms with Crippen LogP contribution in [-0.2, 0) is 91.5 Å². The molecule has 42 nitrogen and oxygen atoms in total. The molecule has 0 aliphatic carbocycles. The summed E-state index contributed by atoms with van der Waals surface area (Å²) >= 11 is 0. The molecule has 17 N–H and O–H groups in total. The monoisotopic (exact) mass is 2020 g/mol. The lowest BCUT2D eigenvalue weighted by Gasteiger charge is -2.30. The van der Waals surface area contributed by atoms with Gasteiger partial charge in [0.1, 0.15) is 88.4 Å². The smallest absolute Gasteiger partial charge is 0.274 e. The van der Waals surface area contributed by atoms with Crippen LogP contribution in [0.3, 0.4) is 0 Å². The minimum atomic E-state index is -1.47. The Morgan fingerprint density at radius 3 is 1.05 bits per heavy atom. The largest absolute Gasteiger partial charge is 0.383 e. The van der Waals surface area contributed by atoms with Gasteiger partial charge in [0.05, 0.1) is 58.6 Å². The lowest BCUT2D eigenvalue weighted by atomic mass is 9.91. The van der Waals surface area contributed by atoms with Crippen LogP contribution in [-0.4, -0.2) is 205 Å². The maximum atomic E-state index is 15.1. The fraction of sp³-hybridized carbons (Fsp3) is 0.305. The van der Waals surface area contributed by atoms with Crippen LogP contribution < -0.4 is 70.8 Å². The number of imidazole rings is 2. The fourth-order valence-electron chi connectivity index (χ4n) is 20.7. The molecule has 3 amide bonds. The van der Waals surface area contributed by atoms with Crippen LogP contribution in [0.15, 0.2) is 147 Å². The van der Waals surface area contributed by atoms with Gasteiger partial charge >= 0.3 is 0 Å². The number of aromatic nitrogens is 24. The number of nitrogens with zero attached hydrogens (tertiary/aromatic N) is 26. The van der Waals surface area contributed by atoms with Gasteiger partial charge in [-0.3, -0.25) is 48.1 Å². The van der Waals surface area contributed by atoms with E-state index < -0.39 is 17.0 Å². The summed E-state index contributed by atoms with van der Waals surface area (Å²) in [7, 11) is 3.59. The SMILES string of the molecule is Cc1c(-c2cc3cc(Nc4cc5n(n4)CC(=O)N(C)CC5)ncc3c(N)n2)cnc2c1NCCC2(C)F.Cc1c(-c2cc3cc(Nc4cc5n(n4)CC(=O)NCC5)ncc3c(N)n2)cnc2c1NCCC2(C)F.Cc1c(-c2cc3cc(Nc4cc5n(n4)Cc4nccn4CC5)ncc3c(N)n2)cnc2c1NCCC2(C)F.Cc1c(-c2cc3cc(Nc4cc5n(n4)Cc4nccn4CC5)ncc3c(N)n2)cnc2c1NCCN(C)C2=O. The van der Waals surface area contributed by atoms with Gasteiger partial charge in [0, 0.05) is 283 Å². The highest BCUT2D eigenvalue weighted by molar-refractivity contribution is 6.02. The van der Waals surface area contributed by atoms with Gasteiger partial charge in [-0.2, -0.15) is 20.4 Å². The minimum Gasteiger partial charge on any atom is -0.383 e. The Balaban J connectivity index is 0.000000110. The quantitative estimate of drug-likeness (QED) is 0.0540. The molecular weight excluding hydrogens is 1910 g/mol. The summed E-state index contributed by atoms with van der Waals surface area (Å²) in [4.78, 5) is 103. The average molecular weight is 2020 g/mol. The van der Waals surface area contributed by atoms with Crippen molar-refractivity contribution < 1.29 is 27.6 Å². The van der Waals surface area contributed by atoms with E-state index in [-0.39, 0.29) is 30.8 Å². The summed E-state index contributed by atoms with van der Waals surface area (Å²) in [6.07, 6.45) is 25.5. The van der Waals surface area contributed by atoms with E-state index in [1.165, 1.54) is 0 Å². The van der Waals surface area contributed by atoms with Crippen LogP contribution in [0.25, 0.3) is 88.1 Å². The number of rotatable bonds is 12. The Labute approximate surface area is 856 Å². The highest BCUT2D eigenvalue weighted by atomic mass is 19.2. The van der Waals surface area contributed by atoms with Crippen molar-refractivity contribution in [2.24, 2.45) is 0 Å². The third-order valence-corrected chi connectivity index (χ3v) is 29.2. The molecule has 150 heavy (non-hydrogen) atoms. The zero-order valence-corrected chi connectivity index (χ0v) is 83.8. The summed E-state index contributed by atoms with van der Waals surface area (Å²) in [5.74, 6) is 8.51. The van der Waals surface area contributed by atoms with Gasteiger partial charge < -0.3 is 89.7 Å². The van der Waals surface area contributed by atoms with E-state index in [2.05, 4.69) is 149 Å². The number of halogens is 3. The van der Waals surface area contributed by atoms with Crippen LogP contribution in [0, 0.1) is 27.7 Å². The van der Waals surface area contributed by atoms with Crippen molar-refractivity contribution in [3.8, 4) is 45.0 Å². The van der Waals surface area contributed by atoms with Crippen molar-refractivity contribution in [1.29, 1.82) is 0 Å². The number of hydrogen-bond donors (Lipinski definition) is 13. The molecular formula is C105H108F3N39O3. The summed E-state index contributed by atoms with van der Waals surface area (Å²) in [6, 6.07) is 23.4. The van der Waals surface area contributed by atoms with E-state index in [0.29, 0.717) is 188 Å². The molecule has 0 aromatic carbocycles. The number of pyridine rings is 12. The van der Waals surface area contributed by atoms with E-state index in [0.717, 1.165) is 189 Å². The second-order valence-electron chi connectivity index (χ2n) is 39.5. The number of alkyl halides is 3. The van der Waals surface area contributed by atoms with Crippen molar-refractivity contribution in [3.05, 3.63) is 227 Å². The van der Waals surface area contributed by atoms with E-state index in [4.69, 9.17) is 33.1 Å². The molecule has 0 fully saturated rings. The number of nitrogens with one attached hydrogen (secondary N) is 9. The first-order valence-corrected chi connectivity index (χ1v) is 49.7. The number of anilines is 16. The molecule has 45 heteroatoms. The number of amides is 3. The Morgan fingerprint density at radius 1 is 0.340 bits per heavy atom. The molecule has 0 saturated carbocycles. The fourth-order valence-corrected chi connectivity index (χ4v) is 20.7. The number of carbonyl (C=O) groups excluding carboxylic acids is 3. The van der Waals surface area contributed by atoms with E-state index in [1.807, 2.05) is 123 Å². The first kappa shape index (κ1) is 95.4. The van der Waals surface area contributed by atoms with Crippen LogP contribution in [0.4, 0.5) is 106 Å². The molecule has 0 radical (unpaired) electrons. The molecule has 0 saturated heterocycles. The van der Waals surface area contributed by atoms with Crippen LogP contribution in [0.5, 0.6) is 0 Å². The van der Waals surface area contributed by atoms with Gasteiger partial charge in [-0.15, -0.1) is 0 Å². The van der Waals surface area contributed by atoms with Crippen LogP contribution in [0.2, 0.25) is 0 Å². The maximum Gasteiger partial charge on any atom is 0.274 e. The van der Waals surface area contributed by atoms with Crippen LogP contribution in [0.1, 0.15) is 124 Å². The van der Waals surface area contributed by atoms with Gasteiger partial charge in [-0.1, -0.05) is 0 Å². The standard InChI is InChI=1S/C27H27FN10.C27H27N11O.C26H28FN9O.C25H26FN9O/c1-15-18(12-33-25-24(15)31-5-4-27(25,2)28)20-9-16-10-21(32-13-19(16)26(29)34-20)35-22-11-17-3-7-37-8-6-30-23(37)14-38(17)36-22;1-15-18(12-32-25-24(15)30-4-7-36(2)27(25)39)20-9-16-10-21(31-13-19(16)26(28)33-20)34-22-11-17-3-6-37-8-5-29-23(37)14-38(17)35-22;1-14-17(11-31-24-23(14)29-6-5-26(24,2)27)19-8-15-9-20(30-12-18(15)25(28)32-19)33-21-10-16-4-7-35(3)22(37)13-36(16)34-21;1-13-16(10-31-23-22(13)29-6-4-25(23,2)26)18-7-14-8-19(30-11-17(14)24(27)32-18)33-20-9-15-3-5-28-21(36)12-35(15)34-20/h6,8-13,31H,3-5,7,14H2,1-2H3,(H2,29,34)(H,32,35,36);5,8-13,30H,3-4,6-7,14H2,1-2H3,(H2,28,33)(H,31,34,35);8-12,29H,4-7,13H2,1-3H3,(H2,28,32)(H,30,33,34);7-11,29H,3-6,12H2,1-2H3,(H2,27,32)(H,28,36)(H,30,33,34). The summed E-state index contributed by atoms with van der Waals surface area (Å²) in [6.45, 7) is 20.1. The molecule has 18 aromatic rings. The predicted molar refractivity (Wildman–Crippen MR) is 568 cm³/mol. The van der Waals surface area contributed by atoms with Gasteiger partial charge in [0.25, 0.3) is 5.91 Å². The number of likely N-dealkylation sites (N-methyl/N-ethyl adjacent to an activating group) is 2. The molecule has 0 bridgehead atoms. The Morgan fingerprint density at radius 2 is 0.673 bits per heavy atom. The number of fused-ring (bicyclic) bond motifs is 14. The Hall–Kier alpha value is -18.1. The molecule has 762 valence electrons. The minimum absolute atomic E-state index is 0.0334. The molecule has 3 atom stereocenters. The topological polar surface area (TPSA) is 532 Å². The van der Waals surface area contributed by atoms with Gasteiger partial charge in [-0.05, 0) is 141 Å². The van der Waals surface area contributed by atoms with Gasteiger partial charge in [-0.25, -0.2) is 68.0 Å². The zero-order valence-electron chi connectivity index (χ0n) is 83.8. The Kier molecular flexibility index (Phi) is 24.0. The van der Waals surface area contributed by atoms with Crippen molar-refractivity contribution in [3.63, 3.8) is 0 Å². The highest BCUT2D eigenvalue weighted by Crippen LogP contribution is 2.47. The number of nitrogens with two attached hydrogens (primary N) is 4. The van der Waals surface area contributed by atoms with Crippen molar-refractivity contribution >= 4 is 153 Å². The number of hydrogen-bond acceptors (Lipinski definition) is 33. The molecule has 26 heterocycles. The zero-order chi connectivity index (χ0) is 104. The third-order valence-electron chi connectivity index (χ3n) is 29.2. The van der Waals surface area contributed by atoms with Gasteiger partial charge in [0.15, 0.2) is 46.0 Å².